The highest BCUT2D eigenvalue weighted by molar-refractivity contribution is 6.20. The molecule has 0 bridgehead atoms. The largest absolute Gasteiger partial charge is 0.254 e. The van der Waals surface area contributed by atoms with E-state index in [0.717, 1.165) is 6.08 Å². The van der Waals surface area contributed by atoms with Gasteiger partial charge in [-0.3, -0.25) is 9.97 Å². The Kier molecular flexibility index (Phi) is 4.60. The van der Waals surface area contributed by atoms with Crippen LogP contribution >= 0.6 is 0 Å². The molecule has 0 radical (unpaired) electrons. The van der Waals surface area contributed by atoms with Gasteiger partial charge in [0.1, 0.15) is 17.7 Å². The molecule has 0 saturated heterocycles. The summed E-state index contributed by atoms with van der Waals surface area (Å²) >= 11 is 0. The Balaban J connectivity index is 2.09. The summed E-state index contributed by atoms with van der Waals surface area (Å²) in [5.74, 6) is -7.68. The number of rotatable bonds is 0. The molecular formula is C25H7F4N5. The maximum absolute atomic E-state index is 15.1. The Bertz CT molecular complexity index is 1610. The van der Waals surface area contributed by atoms with Gasteiger partial charge in [-0.1, -0.05) is 12.1 Å². The molecule has 1 aromatic carbocycles. The van der Waals surface area contributed by atoms with E-state index in [1.807, 2.05) is 0 Å². The summed E-state index contributed by atoms with van der Waals surface area (Å²) in [5, 5.41) is 28.7. The Morgan fingerprint density at radius 3 is 1.76 bits per heavy atom. The molecule has 0 saturated carbocycles. The summed E-state index contributed by atoms with van der Waals surface area (Å²) in [4.78, 5) is 8.64. The van der Waals surface area contributed by atoms with Crippen LogP contribution in [0.25, 0.3) is 28.1 Å². The number of nitrogens with zero attached hydrogens (tertiary/aromatic N) is 5. The predicted molar refractivity (Wildman–Crippen MR) is 112 cm³/mol. The molecule has 2 aromatic heterocycles. The van der Waals surface area contributed by atoms with E-state index in [2.05, 4.69) is 9.97 Å². The topological polar surface area (TPSA) is 97.2 Å². The average Bonchev–Trinajstić information content (AvgIpc) is 3.35. The number of benzene rings is 1. The molecular weight excluding hydrogens is 446 g/mol. The summed E-state index contributed by atoms with van der Waals surface area (Å²) in [6.45, 7) is 0. The number of allylic oxidation sites excluding steroid dienone is 5. The number of hydrogen-bond acceptors (Lipinski definition) is 5. The number of nitriles is 3. The van der Waals surface area contributed by atoms with E-state index in [1.165, 1.54) is 12.4 Å². The van der Waals surface area contributed by atoms with E-state index in [1.54, 1.807) is 42.5 Å². The first-order valence-corrected chi connectivity index (χ1v) is 9.63. The van der Waals surface area contributed by atoms with Crippen molar-refractivity contribution in [3.8, 4) is 29.6 Å². The molecule has 5 rings (SSSR count). The Morgan fingerprint density at radius 2 is 1.26 bits per heavy atom. The van der Waals surface area contributed by atoms with Crippen molar-refractivity contribution in [1.82, 2.24) is 9.97 Å². The van der Waals surface area contributed by atoms with E-state index in [4.69, 9.17) is 0 Å². The van der Waals surface area contributed by atoms with Gasteiger partial charge >= 0.3 is 0 Å². The number of halogens is 4. The minimum atomic E-state index is -2.10. The van der Waals surface area contributed by atoms with Crippen molar-refractivity contribution in [2.75, 3.05) is 0 Å². The Labute approximate surface area is 189 Å². The average molecular weight is 453 g/mol. The molecule has 9 heteroatoms. The third-order valence-electron chi connectivity index (χ3n) is 5.62. The molecule has 34 heavy (non-hydrogen) atoms. The first-order valence-electron chi connectivity index (χ1n) is 9.63. The van der Waals surface area contributed by atoms with Gasteiger partial charge in [-0.15, -0.1) is 0 Å². The van der Waals surface area contributed by atoms with Gasteiger partial charge in [0.25, 0.3) is 0 Å². The summed E-state index contributed by atoms with van der Waals surface area (Å²) in [5.41, 5.74) is -1.08. The SMILES string of the molecule is N#C/C=C1/C(=C2c3cccnc3-c3ncccc32)C(=C(C#N)C#N)c2c(F)c(F)c(F)c(F)c21. The highest BCUT2D eigenvalue weighted by atomic mass is 19.2. The quantitative estimate of drug-likeness (QED) is 0.157. The number of pyridine rings is 2. The van der Waals surface area contributed by atoms with E-state index in [-0.39, 0.29) is 16.7 Å². The lowest BCUT2D eigenvalue weighted by molar-refractivity contribution is 0.407. The smallest absolute Gasteiger partial charge is 0.198 e. The van der Waals surface area contributed by atoms with Crippen molar-refractivity contribution >= 4 is 16.7 Å². The molecule has 2 aliphatic rings. The summed E-state index contributed by atoms with van der Waals surface area (Å²) in [7, 11) is 0. The van der Waals surface area contributed by atoms with Crippen molar-refractivity contribution in [2.45, 2.75) is 0 Å². The van der Waals surface area contributed by atoms with E-state index in [0.29, 0.717) is 22.5 Å². The van der Waals surface area contributed by atoms with Gasteiger partial charge in [-0.2, -0.15) is 15.8 Å². The molecule has 5 nitrogen and oxygen atoms in total. The summed E-state index contributed by atoms with van der Waals surface area (Å²) in [6.07, 6.45) is 3.86. The van der Waals surface area contributed by atoms with Crippen LogP contribution < -0.4 is 0 Å². The highest BCUT2D eigenvalue weighted by Gasteiger charge is 2.42. The second-order valence-corrected chi connectivity index (χ2v) is 7.22. The minimum Gasteiger partial charge on any atom is -0.254 e. The maximum atomic E-state index is 15.1. The van der Waals surface area contributed by atoms with Crippen LogP contribution in [0, 0.1) is 57.3 Å². The van der Waals surface area contributed by atoms with Crippen LogP contribution in [0.2, 0.25) is 0 Å². The van der Waals surface area contributed by atoms with Crippen LogP contribution in [0.3, 0.4) is 0 Å². The zero-order valence-electron chi connectivity index (χ0n) is 16.8. The summed E-state index contributed by atoms with van der Waals surface area (Å²) < 4.78 is 58.7. The second-order valence-electron chi connectivity index (χ2n) is 7.22. The minimum absolute atomic E-state index is 0.0987. The van der Waals surface area contributed by atoms with Crippen LogP contribution in [0.1, 0.15) is 22.3 Å². The van der Waals surface area contributed by atoms with Crippen molar-refractivity contribution in [3.63, 3.8) is 0 Å². The fraction of sp³-hybridized carbons (Fsp3) is 0. The molecule has 0 unspecified atom stereocenters. The lowest BCUT2D eigenvalue weighted by Gasteiger charge is -2.11. The lowest BCUT2D eigenvalue weighted by Crippen LogP contribution is -2.03. The van der Waals surface area contributed by atoms with Crippen molar-refractivity contribution < 1.29 is 17.6 Å². The second kappa shape index (κ2) is 7.51. The van der Waals surface area contributed by atoms with Crippen molar-refractivity contribution in [2.24, 2.45) is 0 Å². The van der Waals surface area contributed by atoms with Crippen LogP contribution in [0.4, 0.5) is 17.6 Å². The number of fused-ring (bicyclic) bond motifs is 4. The first kappa shape index (κ1) is 20.8. The Hall–Kier alpha value is -5.07. The molecule has 0 fully saturated rings. The van der Waals surface area contributed by atoms with Gasteiger partial charge in [0, 0.05) is 63.0 Å². The molecule has 3 aromatic rings. The van der Waals surface area contributed by atoms with Crippen LogP contribution in [0.5, 0.6) is 0 Å². The number of hydrogen-bond donors (Lipinski definition) is 0. The van der Waals surface area contributed by atoms with Crippen LogP contribution in [-0.2, 0) is 0 Å². The normalized spacial score (nSPS) is 14.3. The molecule has 0 aliphatic heterocycles. The van der Waals surface area contributed by atoms with E-state index in [9.17, 15) is 24.6 Å². The highest BCUT2D eigenvalue weighted by Crippen LogP contribution is 2.56. The van der Waals surface area contributed by atoms with E-state index >= 15 is 8.78 Å². The van der Waals surface area contributed by atoms with Crippen LogP contribution in [0.15, 0.2) is 53.9 Å². The maximum Gasteiger partial charge on any atom is 0.198 e. The van der Waals surface area contributed by atoms with Gasteiger partial charge in [0.05, 0.1) is 17.5 Å². The van der Waals surface area contributed by atoms with Gasteiger partial charge in [-0.25, -0.2) is 17.6 Å². The van der Waals surface area contributed by atoms with Crippen LogP contribution in [-0.4, -0.2) is 9.97 Å². The fourth-order valence-corrected chi connectivity index (χ4v) is 4.37. The zero-order valence-corrected chi connectivity index (χ0v) is 16.8. The van der Waals surface area contributed by atoms with Crippen molar-refractivity contribution in [1.29, 1.82) is 15.8 Å². The fourth-order valence-electron chi connectivity index (χ4n) is 4.37. The zero-order chi connectivity index (χ0) is 24.1. The molecule has 2 aliphatic carbocycles. The van der Waals surface area contributed by atoms with Gasteiger partial charge in [-0.05, 0) is 12.1 Å². The van der Waals surface area contributed by atoms with Gasteiger partial charge in [0.2, 0.25) is 0 Å². The molecule has 160 valence electrons. The Morgan fingerprint density at radius 1 is 0.735 bits per heavy atom. The first-order chi connectivity index (χ1) is 16.5. The third kappa shape index (κ3) is 2.57. The molecule has 0 N–H and O–H groups in total. The van der Waals surface area contributed by atoms with Crippen molar-refractivity contribution in [3.05, 3.63) is 99.4 Å². The standard InChI is InChI=1S/C25H7F4N5/c26-20-18-12(5-6-30)17(15(11(9-31)10-32)19(18)21(27)23(29)22(20)28)16-13-3-1-7-33-24(13)25-14(16)4-2-8-34-25/h1-5,7-8H/b12-5-. The van der Waals surface area contributed by atoms with E-state index < -0.39 is 45.5 Å². The lowest BCUT2D eigenvalue weighted by atomic mass is 9.89. The monoisotopic (exact) mass is 453 g/mol. The number of aromatic nitrogens is 2. The van der Waals surface area contributed by atoms with Gasteiger partial charge < -0.3 is 0 Å². The molecule has 0 atom stereocenters. The molecule has 0 spiro atoms. The summed E-state index contributed by atoms with van der Waals surface area (Å²) in [6, 6.07) is 11.4. The molecule has 2 heterocycles. The third-order valence-corrected chi connectivity index (χ3v) is 5.62. The predicted octanol–water partition coefficient (Wildman–Crippen LogP) is 5.24. The molecule has 0 amide bonds. The van der Waals surface area contributed by atoms with Gasteiger partial charge in [0.15, 0.2) is 23.3 Å².